The van der Waals surface area contributed by atoms with E-state index >= 15 is 0 Å². The monoisotopic (exact) mass is 345 g/mol. The lowest BCUT2D eigenvalue weighted by Crippen LogP contribution is -2.29. The van der Waals surface area contributed by atoms with Gasteiger partial charge in [-0.25, -0.2) is 13.8 Å². The highest BCUT2D eigenvalue weighted by atomic mass is 35.5. The summed E-state index contributed by atoms with van der Waals surface area (Å²) >= 11 is 0. The molecule has 1 atom stereocenters. The predicted molar refractivity (Wildman–Crippen MR) is 91.8 cm³/mol. The van der Waals surface area contributed by atoms with E-state index in [4.69, 9.17) is 0 Å². The van der Waals surface area contributed by atoms with Gasteiger partial charge < -0.3 is 10.6 Å². The molecule has 1 saturated heterocycles. The maximum atomic E-state index is 14.0. The Labute approximate surface area is 143 Å². The van der Waals surface area contributed by atoms with Gasteiger partial charge in [0.15, 0.2) is 0 Å². The van der Waals surface area contributed by atoms with Gasteiger partial charge in [0.05, 0.1) is 0 Å². The standard InChI is InChI=1S/C17H25F2N3.ClH/c18-17(19,14-8-11-20-12-14)9-2-1-5-15-7-6-13-4-3-10-21-16(13)22-15;/h6-7,14,20H,1-5,8-12H2,(H,21,22);1H/t14-;/m1./s1. The largest absolute Gasteiger partial charge is 0.370 e. The van der Waals surface area contributed by atoms with Crippen LogP contribution in [0.3, 0.4) is 0 Å². The Balaban J connectivity index is 0.00000192. The molecule has 6 heteroatoms. The van der Waals surface area contributed by atoms with Crippen LogP contribution in [0.25, 0.3) is 0 Å². The van der Waals surface area contributed by atoms with Gasteiger partial charge in [-0.2, -0.15) is 0 Å². The summed E-state index contributed by atoms with van der Waals surface area (Å²) in [5.74, 6) is -2.00. The molecule has 2 N–H and O–H groups in total. The number of hydrogen-bond donors (Lipinski definition) is 2. The third-order valence-electron chi connectivity index (χ3n) is 4.80. The Kier molecular flexibility index (Phi) is 6.60. The van der Waals surface area contributed by atoms with E-state index in [-0.39, 0.29) is 18.8 Å². The summed E-state index contributed by atoms with van der Waals surface area (Å²) in [5.41, 5.74) is 2.29. The smallest absolute Gasteiger partial charge is 0.252 e. The van der Waals surface area contributed by atoms with Crippen LogP contribution >= 0.6 is 12.4 Å². The van der Waals surface area contributed by atoms with E-state index < -0.39 is 11.8 Å². The fourth-order valence-electron chi connectivity index (χ4n) is 3.39. The maximum absolute atomic E-state index is 14.0. The third kappa shape index (κ3) is 4.77. The summed E-state index contributed by atoms with van der Waals surface area (Å²) in [7, 11) is 0. The predicted octanol–water partition coefficient (Wildman–Crippen LogP) is 3.82. The molecule has 0 aliphatic carbocycles. The van der Waals surface area contributed by atoms with Gasteiger partial charge in [-0.15, -0.1) is 12.4 Å². The van der Waals surface area contributed by atoms with Crippen molar-refractivity contribution in [3.63, 3.8) is 0 Å². The number of fused-ring (bicyclic) bond motifs is 1. The highest BCUT2D eigenvalue weighted by molar-refractivity contribution is 5.85. The van der Waals surface area contributed by atoms with Crippen LogP contribution in [0, 0.1) is 5.92 Å². The molecule has 0 saturated carbocycles. The Morgan fingerprint density at radius 1 is 1.22 bits per heavy atom. The van der Waals surface area contributed by atoms with Gasteiger partial charge >= 0.3 is 0 Å². The zero-order valence-corrected chi connectivity index (χ0v) is 14.2. The highest BCUT2D eigenvalue weighted by Gasteiger charge is 2.39. The first-order valence-electron chi connectivity index (χ1n) is 8.46. The molecule has 0 aromatic carbocycles. The van der Waals surface area contributed by atoms with Gasteiger partial charge in [0.25, 0.3) is 5.92 Å². The Morgan fingerprint density at radius 2 is 2.09 bits per heavy atom. The van der Waals surface area contributed by atoms with Crippen molar-refractivity contribution in [1.82, 2.24) is 10.3 Å². The molecule has 3 rings (SSSR count). The number of aromatic nitrogens is 1. The molecule has 0 unspecified atom stereocenters. The van der Waals surface area contributed by atoms with Crippen LogP contribution in [0.5, 0.6) is 0 Å². The Morgan fingerprint density at radius 3 is 2.87 bits per heavy atom. The zero-order chi connectivity index (χ0) is 15.4. The quantitative estimate of drug-likeness (QED) is 0.770. The second-order valence-corrected chi connectivity index (χ2v) is 6.50. The first kappa shape index (κ1) is 18.4. The van der Waals surface area contributed by atoms with Gasteiger partial charge in [0.2, 0.25) is 0 Å². The minimum Gasteiger partial charge on any atom is -0.370 e. The lowest BCUT2D eigenvalue weighted by Gasteiger charge is -2.22. The number of rotatable bonds is 6. The van der Waals surface area contributed by atoms with Crippen LogP contribution in [0.15, 0.2) is 12.1 Å². The van der Waals surface area contributed by atoms with Gasteiger partial charge in [-0.1, -0.05) is 6.07 Å². The molecule has 2 aliphatic heterocycles. The number of nitrogens with one attached hydrogen (secondary N) is 2. The van der Waals surface area contributed by atoms with Crippen LogP contribution in [0.4, 0.5) is 14.6 Å². The molecule has 0 spiro atoms. The van der Waals surface area contributed by atoms with Crippen LogP contribution in [0.2, 0.25) is 0 Å². The lowest BCUT2D eigenvalue weighted by molar-refractivity contribution is -0.0597. The molecule has 1 aromatic heterocycles. The summed E-state index contributed by atoms with van der Waals surface area (Å²) in [6, 6.07) is 4.17. The summed E-state index contributed by atoms with van der Waals surface area (Å²) in [6.07, 6.45) is 4.97. The Bertz CT molecular complexity index is 505. The zero-order valence-electron chi connectivity index (χ0n) is 13.4. The lowest BCUT2D eigenvalue weighted by atomic mass is 9.95. The number of hydrogen-bond acceptors (Lipinski definition) is 3. The second kappa shape index (κ2) is 8.25. The minimum atomic E-state index is -2.52. The van der Waals surface area contributed by atoms with E-state index in [9.17, 15) is 8.78 Å². The van der Waals surface area contributed by atoms with Crippen LogP contribution in [-0.2, 0) is 12.8 Å². The molecular formula is C17H26ClF2N3. The van der Waals surface area contributed by atoms with Gasteiger partial charge in [0.1, 0.15) is 5.82 Å². The van der Waals surface area contributed by atoms with E-state index in [2.05, 4.69) is 21.7 Å². The number of pyridine rings is 1. The topological polar surface area (TPSA) is 37.0 Å². The van der Waals surface area contributed by atoms with Crippen molar-refractivity contribution in [3.05, 3.63) is 23.4 Å². The number of nitrogens with zero attached hydrogens (tertiary/aromatic N) is 1. The average molecular weight is 346 g/mol. The summed E-state index contributed by atoms with van der Waals surface area (Å²) in [4.78, 5) is 4.62. The average Bonchev–Trinajstić information content (AvgIpc) is 3.07. The van der Waals surface area contributed by atoms with Crippen molar-refractivity contribution in [2.75, 3.05) is 25.0 Å². The molecule has 1 aromatic rings. The van der Waals surface area contributed by atoms with Gasteiger partial charge in [0, 0.05) is 31.1 Å². The fourth-order valence-corrected chi connectivity index (χ4v) is 3.39. The van der Waals surface area contributed by atoms with Crippen LogP contribution in [0.1, 0.15) is 43.4 Å². The second-order valence-electron chi connectivity index (χ2n) is 6.50. The maximum Gasteiger partial charge on any atom is 0.252 e. The molecule has 1 fully saturated rings. The van der Waals surface area contributed by atoms with Gasteiger partial charge in [-0.05, 0) is 56.7 Å². The number of unbranched alkanes of at least 4 members (excludes halogenated alkanes) is 1. The molecule has 2 aliphatic rings. The molecule has 0 radical (unpaired) electrons. The molecule has 130 valence electrons. The van der Waals surface area contributed by atoms with E-state index in [1.807, 2.05) is 6.07 Å². The molecular weight excluding hydrogens is 320 g/mol. The number of halogens is 3. The molecule has 0 bridgehead atoms. The molecule has 3 nitrogen and oxygen atoms in total. The molecule has 23 heavy (non-hydrogen) atoms. The third-order valence-corrected chi connectivity index (χ3v) is 4.80. The minimum absolute atomic E-state index is 0. The van der Waals surface area contributed by atoms with Crippen LogP contribution < -0.4 is 10.6 Å². The highest BCUT2D eigenvalue weighted by Crippen LogP contribution is 2.34. The van der Waals surface area contributed by atoms with Crippen molar-refractivity contribution < 1.29 is 8.78 Å². The van der Waals surface area contributed by atoms with E-state index in [0.29, 0.717) is 19.4 Å². The fraction of sp³-hybridized carbons (Fsp3) is 0.706. The number of alkyl halides is 2. The van der Waals surface area contributed by atoms with E-state index in [1.54, 1.807) is 0 Å². The number of anilines is 1. The Hall–Kier alpha value is -0.940. The summed E-state index contributed by atoms with van der Waals surface area (Å²) in [6.45, 7) is 2.17. The van der Waals surface area contributed by atoms with Crippen molar-refractivity contribution in [2.24, 2.45) is 5.92 Å². The molecule has 0 amide bonds. The summed E-state index contributed by atoms with van der Waals surface area (Å²) < 4.78 is 28.0. The van der Waals surface area contributed by atoms with Crippen molar-refractivity contribution in [1.29, 1.82) is 0 Å². The summed E-state index contributed by atoms with van der Waals surface area (Å²) in [5, 5.41) is 6.34. The van der Waals surface area contributed by atoms with Gasteiger partial charge in [-0.3, -0.25) is 0 Å². The van der Waals surface area contributed by atoms with Crippen molar-refractivity contribution in [3.8, 4) is 0 Å². The molecule has 3 heterocycles. The first-order chi connectivity index (χ1) is 10.6. The van der Waals surface area contributed by atoms with Crippen molar-refractivity contribution >= 4 is 18.2 Å². The first-order valence-corrected chi connectivity index (χ1v) is 8.46. The SMILES string of the molecule is Cl.FC(F)(CCCCc1ccc2c(n1)NCCC2)[C@@H]1CCNC1. The number of aryl methyl sites for hydroxylation is 2. The van der Waals surface area contributed by atoms with E-state index in [0.717, 1.165) is 50.3 Å². The van der Waals surface area contributed by atoms with Crippen molar-refractivity contribution in [2.45, 2.75) is 50.9 Å². The normalized spacial score (nSPS) is 20.5. The van der Waals surface area contributed by atoms with E-state index in [1.165, 1.54) is 5.56 Å². The van der Waals surface area contributed by atoms with Crippen LogP contribution in [-0.4, -0.2) is 30.5 Å².